The molecule has 4 aromatic carbocycles. The molecule has 0 fully saturated rings. The van der Waals surface area contributed by atoms with E-state index >= 15 is 0 Å². The summed E-state index contributed by atoms with van der Waals surface area (Å²) >= 11 is 6.30. The quantitative estimate of drug-likeness (QED) is 0.210. The van der Waals surface area contributed by atoms with Gasteiger partial charge in [-0.15, -0.1) is 0 Å². The number of benzene rings is 4. The average Bonchev–Trinajstić information content (AvgIpc) is 3.44. The summed E-state index contributed by atoms with van der Waals surface area (Å²) in [5.41, 5.74) is 5.63. The molecule has 35 heavy (non-hydrogen) atoms. The summed E-state index contributed by atoms with van der Waals surface area (Å²) < 4.78 is 8.02. The molecule has 0 atom stereocenters. The van der Waals surface area contributed by atoms with Gasteiger partial charge in [-0.25, -0.2) is 5.43 Å². The van der Waals surface area contributed by atoms with Crippen LogP contribution >= 0.6 is 11.6 Å². The van der Waals surface area contributed by atoms with E-state index in [2.05, 4.69) is 10.5 Å². The zero-order valence-corrected chi connectivity index (χ0v) is 19.5. The topological polar surface area (TPSA) is 55.6 Å². The van der Waals surface area contributed by atoms with E-state index in [-0.39, 0.29) is 5.91 Å². The largest absolute Gasteiger partial charge is 0.488 e. The fourth-order valence-electron chi connectivity index (χ4n) is 3.91. The van der Waals surface area contributed by atoms with Crippen LogP contribution in [0.25, 0.3) is 16.5 Å². The Kier molecular flexibility index (Phi) is 6.59. The van der Waals surface area contributed by atoms with E-state index in [0.29, 0.717) is 22.9 Å². The van der Waals surface area contributed by atoms with Gasteiger partial charge >= 0.3 is 0 Å². The molecule has 0 aliphatic rings. The minimum atomic E-state index is -0.302. The van der Waals surface area contributed by atoms with Crippen molar-refractivity contribution >= 4 is 34.5 Å². The van der Waals surface area contributed by atoms with Gasteiger partial charge in [0.1, 0.15) is 12.4 Å². The Morgan fingerprint density at radius 2 is 1.63 bits per heavy atom. The van der Waals surface area contributed by atoms with E-state index in [1.807, 2.05) is 108 Å². The molecule has 0 bridgehead atoms. The average molecular weight is 480 g/mol. The number of hydrazone groups is 1. The van der Waals surface area contributed by atoms with Crippen LogP contribution in [0.1, 0.15) is 21.5 Å². The predicted octanol–water partition coefficient (Wildman–Crippen LogP) is 6.63. The molecule has 0 unspecified atom stereocenters. The minimum absolute atomic E-state index is 0.302. The van der Waals surface area contributed by atoms with E-state index in [4.69, 9.17) is 16.3 Å². The van der Waals surface area contributed by atoms with Crippen LogP contribution in [0.4, 0.5) is 0 Å². The maximum atomic E-state index is 13.0. The van der Waals surface area contributed by atoms with Gasteiger partial charge in [-0.1, -0.05) is 72.3 Å². The fourth-order valence-corrected chi connectivity index (χ4v) is 4.10. The number of fused-ring (bicyclic) bond motifs is 1. The lowest BCUT2D eigenvalue weighted by molar-refractivity contribution is 0.0955. The number of amides is 1. The molecular weight excluding hydrogens is 458 g/mol. The Bertz CT molecular complexity index is 1510. The minimum Gasteiger partial charge on any atom is -0.488 e. The molecular formula is C29H22ClN3O2. The van der Waals surface area contributed by atoms with Crippen LogP contribution in [-0.2, 0) is 6.61 Å². The Balaban J connectivity index is 1.41. The Morgan fingerprint density at radius 1 is 0.886 bits per heavy atom. The third kappa shape index (κ3) is 4.95. The fraction of sp³-hybridized carbons (Fsp3) is 0.0345. The molecule has 1 aromatic heterocycles. The molecule has 5 rings (SSSR count). The summed E-state index contributed by atoms with van der Waals surface area (Å²) in [6.07, 6.45) is 5.42. The second-order valence-electron chi connectivity index (χ2n) is 7.89. The van der Waals surface area contributed by atoms with Crippen molar-refractivity contribution in [1.29, 1.82) is 0 Å². The van der Waals surface area contributed by atoms with E-state index in [0.717, 1.165) is 27.6 Å². The van der Waals surface area contributed by atoms with E-state index in [1.54, 1.807) is 12.3 Å². The summed E-state index contributed by atoms with van der Waals surface area (Å²) in [7, 11) is 0. The number of hydrogen-bond acceptors (Lipinski definition) is 3. The highest BCUT2D eigenvalue weighted by Crippen LogP contribution is 2.28. The number of carbonyl (C=O) groups is 1. The van der Waals surface area contributed by atoms with Gasteiger partial charge in [-0.2, -0.15) is 5.10 Å². The number of ether oxygens (including phenoxy) is 1. The van der Waals surface area contributed by atoms with Gasteiger partial charge in [-0.3, -0.25) is 4.79 Å². The highest BCUT2D eigenvalue weighted by molar-refractivity contribution is 6.31. The first-order valence-corrected chi connectivity index (χ1v) is 11.5. The van der Waals surface area contributed by atoms with Crippen LogP contribution < -0.4 is 10.2 Å². The maximum Gasteiger partial charge on any atom is 0.273 e. The number of para-hydroxylation sites is 1. The molecule has 6 heteroatoms. The van der Waals surface area contributed by atoms with Gasteiger partial charge in [0, 0.05) is 28.5 Å². The molecule has 5 nitrogen and oxygen atoms in total. The van der Waals surface area contributed by atoms with Gasteiger partial charge in [0.05, 0.1) is 17.5 Å². The van der Waals surface area contributed by atoms with Crippen molar-refractivity contribution in [3.63, 3.8) is 0 Å². The zero-order chi connectivity index (χ0) is 24.0. The van der Waals surface area contributed by atoms with Crippen molar-refractivity contribution in [3.8, 4) is 11.4 Å². The van der Waals surface area contributed by atoms with Gasteiger partial charge in [0.25, 0.3) is 5.91 Å². The molecule has 0 aliphatic carbocycles. The third-order valence-electron chi connectivity index (χ3n) is 5.66. The Morgan fingerprint density at radius 3 is 2.49 bits per heavy atom. The van der Waals surface area contributed by atoms with Crippen LogP contribution in [0.15, 0.2) is 115 Å². The smallest absolute Gasteiger partial charge is 0.273 e. The SMILES string of the molecule is O=C(N/N=C\c1c(OCc2ccccc2Cl)ccc2ccccc12)c1ccccc1-n1cccc1. The van der Waals surface area contributed by atoms with Crippen molar-refractivity contribution in [3.05, 3.63) is 131 Å². The van der Waals surface area contributed by atoms with Crippen molar-refractivity contribution in [2.45, 2.75) is 6.61 Å². The Labute approximate surface area is 208 Å². The number of nitrogens with one attached hydrogen (secondary N) is 1. The predicted molar refractivity (Wildman–Crippen MR) is 141 cm³/mol. The van der Waals surface area contributed by atoms with Crippen molar-refractivity contribution in [2.75, 3.05) is 0 Å². The molecule has 0 saturated carbocycles. The number of halogens is 1. The monoisotopic (exact) mass is 479 g/mol. The second-order valence-corrected chi connectivity index (χ2v) is 8.29. The lowest BCUT2D eigenvalue weighted by Gasteiger charge is -2.13. The highest BCUT2D eigenvalue weighted by atomic mass is 35.5. The van der Waals surface area contributed by atoms with Crippen molar-refractivity contribution < 1.29 is 9.53 Å². The molecule has 172 valence electrons. The van der Waals surface area contributed by atoms with Crippen LogP contribution in [-0.4, -0.2) is 16.7 Å². The standard InChI is InChI=1S/C29H22ClN3O2/c30-26-13-5-2-10-22(26)20-35-28-16-15-21-9-1-3-11-23(21)25(28)19-31-32-29(34)24-12-4-6-14-27(24)33-17-7-8-18-33/h1-19H,20H2,(H,32,34)/b31-19-. The molecule has 1 N–H and O–H groups in total. The summed E-state index contributed by atoms with van der Waals surface area (Å²) in [5, 5.41) is 6.95. The van der Waals surface area contributed by atoms with Crippen LogP contribution in [0.5, 0.6) is 5.75 Å². The molecule has 1 amide bonds. The normalized spacial score (nSPS) is 11.1. The number of rotatable bonds is 7. The molecule has 0 spiro atoms. The van der Waals surface area contributed by atoms with E-state index < -0.39 is 0 Å². The van der Waals surface area contributed by atoms with Gasteiger partial charge in [-0.05, 0) is 47.2 Å². The van der Waals surface area contributed by atoms with Gasteiger partial charge in [0.15, 0.2) is 0 Å². The molecule has 0 radical (unpaired) electrons. The van der Waals surface area contributed by atoms with Crippen molar-refractivity contribution in [2.24, 2.45) is 5.10 Å². The van der Waals surface area contributed by atoms with E-state index in [1.165, 1.54) is 0 Å². The van der Waals surface area contributed by atoms with Crippen LogP contribution in [0, 0.1) is 0 Å². The summed E-state index contributed by atoms with van der Waals surface area (Å²) in [5.74, 6) is 0.346. The zero-order valence-electron chi connectivity index (χ0n) is 18.8. The third-order valence-corrected chi connectivity index (χ3v) is 6.03. The summed E-state index contributed by atoms with van der Waals surface area (Å²) in [4.78, 5) is 13.0. The molecule has 1 heterocycles. The first kappa shape index (κ1) is 22.4. The first-order chi connectivity index (χ1) is 17.2. The molecule has 5 aromatic rings. The van der Waals surface area contributed by atoms with Gasteiger partial charge < -0.3 is 9.30 Å². The number of aromatic nitrogens is 1. The maximum absolute atomic E-state index is 13.0. The number of nitrogens with zero attached hydrogens (tertiary/aromatic N) is 2. The number of carbonyl (C=O) groups excluding carboxylic acids is 1. The Hall–Kier alpha value is -4.35. The first-order valence-electron chi connectivity index (χ1n) is 11.1. The van der Waals surface area contributed by atoms with Crippen molar-refractivity contribution in [1.82, 2.24) is 9.99 Å². The van der Waals surface area contributed by atoms with E-state index in [9.17, 15) is 4.79 Å². The summed E-state index contributed by atoms with van der Waals surface area (Å²) in [6.45, 7) is 0.315. The summed E-state index contributed by atoms with van der Waals surface area (Å²) in [6, 6.07) is 30.7. The lowest BCUT2D eigenvalue weighted by atomic mass is 10.0. The molecule has 0 saturated heterocycles. The lowest BCUT2D eigenvalue weighted by Crippen LogP contribution is -2.19. The second kappa shape index (κ2) is 10.3. The van der Waals surface area contributed by atoms with Gasteiger partial charge in [0.2, 0.25) is 0 Å². The van der Waals surface area contributed by atoms with Crippen LogP contribution in [0.3, 0.4) is 0 Å². The molecule has 0 aliphatic heterocycles. The van der Waals surface area contributed by atoms with Crippen LogP contribution in [0.2, 0.25) is 5.02 Å². The number of hydrogen-bond donors (Lipinski definition) is 1. The highest BCUT2D eigenvalue weighted by Gasteiger charge is 2.12.